The molecule has 3 rings (SSSR count). The van der Waals surface area contributed by atoms with Crippen molar-refractivity contribution in [3.63, 3.8) is 0 Å². The van der Waals surface area contributed by atoms with Crippen molar-refractivity contribution in [1.29, 1.82) is 0 Å². The van der Waals surface area contributed by atoms with Gasteiger partial charge in [0.25, 0.3) is 0 Å². The fraction of sp³-hybridized carbons (Fsp3) is 0.500. The van der Waals surface area contributed by atoms with Crippen molar-refractivity contribution in [3.05, 3.63) is 47.9 Å². The Labute approximate surface area is 142 Å². The van der Waals surface area contributed by atoms with Crippen molar-refractivity contribution in [2.45, 2.75) is 44.0 Å². The molecule has 1 aromatic rings. The molecule has 3 nitrogen and oxygen atoms in total. The van der Waals surface area contributed by atoms with Gasteiger partial charge < -0.3 is 5.32 Å². The van der Waals surface area contributed by atoms with Gasteiger partial charge in [0.15, 0.2) is 5.50 Å². The Morgan fingerprint density at radius 2 is 2.09 bits per heavy atom. The van der Waals surface area contributed by atoms with Crippen LogP contribution in [-0.2, 0) is 6.42 Å². The molecule has 1 aliphatic heterocycles. The van der Waals surface area contributed by atoms with Crippen LogP contribution in [0, 0.1) is 11.7 Å². The highest BCUT2D eigenvalue weighted by molar-refractivity contribution is 8.14. The molecule has 0 radical (unpaired) electrons. The highest BCUT2D eigenvalue weighted by Crippen LogP contribution is 2.35. The van der Waals surface area contributed by atoms with E-state index in [1.165, 1.54) is 43.2 Å². The molecule has 5 heteroatoms. The van der Waals surface area contributed by atoms with Crippen molar-refractivity contribution in [1.82, 2.24) is 10.3 Å². The molecule has 2 aliphatic rings. The number of halogens is 1. The van der Waals surface area contributed by atoms with E-state index in [4.69, 9.17) is 5.10 Å². The number of benzene rings is 1. The van der Waals surface area contributed by atoms with Crippen LogP contribution in [0.1, 0.15) is 37.7 Å². The number of nitrogens with zero attached hydrogens (tertiary/aromatic N) is 2. The highest BCUT2D eigenvalue weighted by atomic mass is 32.2. The van der Waals surface area contributed by atoms with Crippen molar-refractivity contribution in [2.75, 3.05) is 7.05 Å². The van der Waals surface area contributed by atoms with E-state index in [1.807, 2.05) is 18.1 Å². The molecule has 1 N–H and O–H groups in total. The number of hydrazone groups is 1. The summed E-state index contributed by atoms with van der Waals surface area (Å²) in [4.78, 5) is 0. The SMILES string of the molecule is C=C(Cc1ccccc1F)NC1SC(C2CCCCC2)=NN1C. The van der Waals surface area contributed by atoms with Crippen LogP contribution in [0.5, 0.6) is 0 Å². The van der Waals surface area contributed by atoms with Crippen LogP contribution >= 0.6 is 11.8 Å². The zero-order chi connectivity index (χ0) is 16.2. The normalized spacial score (nSPS) is 22.1. The lowest BCUT2D eigenvalue weighted by molar-refractivity contribution is 0.311. The van der Waals surface area contributed by atoms with Gasteiger partial charge in [0.1, 0.15) is 10.9 Å². The standard InChI is InChI=1S/C18H24FN3S/c1-13(12-15-10-6-7-11-16(15)19)20-18-22(2)21-17(23-18)14-8-4-3-5-9-14/h6-7,10-11,14,18,20H,1,3-5,8-9,12H2,2H3. The average Bonchev–Trinajstić information content (AvgIpc) is 2.91. The number of nitrogens with one attached hydrogen (secondary N) is 1. The average molecular weight is 333 g/mol. The summed E-state index contributed by atoms with van der Waals surface area (Å²) in [6.45, 7) is 4.06. The molecule has 1 heterocycles. The van der Waals surface area contributed by atoms with Crippen LogP contribution in [0.3, 0.4) is 0 Å². The molecule has 1 aromatic carbocycles. The van der Waals surface area contributed by atoms with Gasteiger partial charge in [0.05, 0.1) is 0 Å². The van der Waals surface area contributed by atoms with Crippen LogP contribution in [0.2, 0.25) is 0 Å². The third kappa shape index (κ3) is 4.08. The Bertz CT molecular complexity index is 596. The summed E-state index contributed by atoms with van der Waals surface area (Å²) >= 11 is 1.78. The molecule has 1 saturated carbocycles. The summed E-state index contributed by atoms with van der Waals surface area (Å²) < 4.78 is 13.7. The minimum absolute atomic E-state index is 0.0613. The summed E-state index contributed by atoms with van der Waals surface area (Å²) in [5.41, 5.74) is 1.55. The number of rotatable bonds is 5. The van der Waals surface area contributed by atoms with Gasteiger partial charge in [-0.25, -0.2) is 4.39 Å². The summed E-state index contributed by atoms with van der Waals surface area (Å²) in [6.07, 6.45) is 6.98. The first-order chi connectivity index (χ1) is 11.1. The summed E-state index contributed by atoms with van der Waals surface area (Å²) in [5, 5.41) is 11.3. The lowest BCUT2D eigenvalue weighted by Crippen LogP contribution is -2.35. The second-order valence-electron chi connectivity index (χ2n) is 6.33. The van der Waals surface area contributed by atoms with E-state index >= 15 is 0 Å². The molecule has 1 fully saturated rings. The van der Waals surface area contributed by atoms with E-state index in [1.54, 1.807) is 23.9 Å². The minimum Gasteiger partial charge on any atom is -0.359 e. The van der Waals surface area contributed by atoms with Crippen LogP contribution in [0.4, 0.5) is 4.39 Å². The Hall–Kier alpha value is -1.49. The first-order valence-corrected chi connectivity index (χ1v) is 9.17. The quantitative estimate of drug-likeness (QED) is 0.869. The summed E-state index contributed by atoms with van der Waals surface area (Å²) in [7, 11) is 1.98. The van der Waals surface area contributed by atoms with Crippen LogP contribution in [0.25, 0.3) is 0 Å². The molecule has 124 valence electrons. The molecule has 23 heavy (non-hydrogen) atoms. The third-order valence-electron chi connectivity index (χ3n) is 4.47. The highest BCUT2D eigenvalue weighted by Gasteiger charge is 2.30. The first-order valence-electron chi connectivity index (χ1n) is 8.29. The number of hydrogen-bond donors (Lipinski definition) is 1. The van der Waals surface area contributed by atoms with E-state index in [0.29, 0.717) is 17.9 Å². The fourth-order valence-electron chi connectivity index (χ4n) is 3.17. The Balaban J connectivity index is 1.54. The van der Waals surface area contributed by atoms with Gasteiger partial charge in [-0.05, 0) is 24.5 Å². The molecular weight excluding hydrogens is 309 g/mol. The van der Waals surface area contributed by atoms with Gasteiger partial charge in [0, 0.05) is 25.1 Å². The Morgan fingerprint density at radius 3 is 2.83 bits per heavy atom. The minimum atomic E-state index is -0.179. The zero-order valence-corrected chi connectivity index (χ0v) is 14.4. The van der Waals surface area contributed by atoms with Gasteiger partial charge in [-0.15, -0.1) is 0 Å². The molecule has 1 aliphatic carbocycles. The molecular formula is C18H24FN3S. The predicted molar refractivity (Wildman–Crippen MR) is 95.5 cm³/mol. The maximum absolute atomic E-state index is 13.7. The largest absolute Gasteiger partial charge is 0.359 e. The second-order valence-corrected chi connectivity index (χ2v) is 7.43. The van der Waals surface area contributed by atoms with Crippen LogP contribution in [0.15, 0.2) is 41.6 Å². The summed E-state index contributed by atoms with van der Waals surface area (Å²) in [5.74, 6) is 0.435. The van der Waals surface area contributed by atoms with Crippen molar-refractivity contribution < 1.29 is 4.39 Å². The molecule has 0 saturated heterocycles. The van der Waals surface area contributed by atoms with Crippen LogP contribution < -0.4 is 5.32 Å². The Morgan fingerprint density at radius 1 is 1.35 bits per heavy atom. The lowest BCUT2D eigenvalue weighted by atomic mass is 9.90. The molecule has 0 spiro atoms. The number of allylic oxidation sites excluding steroid dienone is 1. The van der Waals surface area contributed by atoms with Gasteiger partial charge >= 0.3 is 0 Å². The smallest absolute Gasteiger partial charge is 0.168 e. The number of thioether (sulfide) groups is 1. The van der Waals surface area contributed by atoms with Gasteiger partial charge in [-0.1, -0.05) is 55.8 Å². The summed E-state index contributed by atoms with van der Waals surface area (Å²) in [6, 6.07) is 6.85. The van der Waals surface area contributed by atoms with Crippen LogP contribution in [-0.4, -0.2) is 22.6 Å². The maximum Gasteiger partial charge on any atom is 0.168 e. The third-order valence-corrected chi connectivity index (χ3v) is 5.77. The fourth-order valence-corrected chi connectivity index (χ4v) is 4.43. The molecule has 1 atom stereocenters. The topological polar surface area (TPSA) is 27.6 Å². The molecule has 0 amide bonds. The molecule has 1 unspecified atom stereocenters. The second kappa shape index (κ2) is 7.39. The van der Waals surface area contributed by atoms with E-state index < -0.39 is 0 Å². The first kappa shape index (κ1) is 16.4. The van der Waals surface area contributed by atoms with E-state index in [-0.39, 0.29) is 11.3 Å². The van der Waals surface area contributed by atoms with Gasteiger partial charge in [-0.2, -0.15) is 5.10 Å². The molecule has 0 bridgehead atoms. The zero-order valence-electron chi connectivity index (χ0n) is 13.6. The van der Waals surface area contributed by atoms with Crippen molar-refractivity contribution >= 4 is 16.8 Å². The van der Waals surface area contributed by atoms with E-state index in [0.717, 1.165) is 5.70 Å². The lowest BCUT2D eigenvalue weighted by Gasteiger charge is -2.22. The number of hydrogen-bond acceptors (Lipinski definition) is 4. The van der Waals surface area contributed by atoms with Gasteiger partial charge in [0.2, 0.25) is 0 Å². The Kier molecular flexibility index (Phi) is 5.26. The van der Waals surface area contributed by atoms with E-state index in [9.17, 15) is 4.39 Å². The predicted octanol–water partition coefficient (Wildman–Crippen LogP) is 4.33. The van der Waals surface area contributed by atoms with Crippen molar-refractivity contribution in [3.8, 4) is 0 Å². The van der Waals surface area contributed by atoms with Crippen molar-refractivity contribution in [2.24, 2.45) is 11.0 Å². The van der Waals surface area contributed by atoms with Gasteiger partial charge in [-0.3, -0.25) is 5.01 Å². The molecule has 0 aromatic heterocycles. The van der Waals surface area contributed by atoms with E-state index in [2.05, 4.69) is 11.9 Å². The monoisotopic (exact) mass is 333 g/mol. The maximum atomic E-state index is 13.7.